The van der Waals surface area contributed by atoms with Crippen molar-refractivity contribution in [1.82, 2.24) is 9.55 Å². The summed E-state index contributed by atoms with van der Waals surface area (Å²) in [5.41, 5.74) is 0. The lowest BCUT2D eigenvalue weighted by atomic mass is 10.1. The summed E-state index contributed by atoms with van der Waals surface area (Å²) in [6.07, 6.45) is 6.10. The first-order valence-electron chi connectivity index (χ1n) is 4.20. The van der Waals surface area contributed by atoms with Crippen molar-refractivity contribution < 1.29 is 13.2 Å². The maximum Gasteiger partial charge on any atom is 0.379 e. The van der Waals surface area contributed by atoms with Gasteiger partial charge in [0, 0.05) is 30.6 Å². The maximum absolute atomic E-state index is 9.67. The number of nitrogens with zero attached hydrogens (tertiary/aromatic N) is 2. The van der Waals surface area contributed by atoms with Crippen LogP contribution in [-0.2, 0) is 13.0 Å². The summed E-state index contributed by atoms with van der Waals surface area (Å²) in [7, 11) is 0. The summed E-state index contributed by atoms with van der Waals surface area (Å²) < 4.78 is 31.2. The highest BCUT2D eigenvalue weighted by Crippen LogP contribution is 2.16. The van der Waals surface area contributed by atoms with Crippen molar-refractivity contribution in [1.29, 1.82) is 0 Å². The number of imidazole rings is 1. The van der Waals surface area contributed by atoms with Crippen LogP contribution in [0.3, 0.4) is 0 Å². The van der Waals surface area contributed by atoms with E-state index in [1.165, 1.54) is 12.2 Å². The van der Waals surface area contributed by atoms with Crippen LogP contribution in [0.1, 0.15) is 12.2 Å². The van der Waals surface area contributed by atoms with E-state index < -0.39 is 6.68 Å². The highest BCUT2D eigenvalue weighted by Gasteiger charge is 2.14. The highest BCUT2D eigenvalue weighted by atomic mass is 32.1. The number of hydrogen-bond donors (Lipinski definition) is 1. The zero-order chi connectivity index (χ0) is 10.6. The van der Waals surface area contributed by atoms with Crippen LogP contribution in [0.4, 0.5) is 13.2 Å². The van der Waals surface area contributed by atoms with Crippen molar-refractivity contribution in [3.63, 3.8) is 0 Å². The summed E-state index contributed by atoms with van der Waals surface area (Å²) in [6, 6.07) is 0. The monoisotopic (exact) mass is 224 g/mol. The van der Waals surface area contributed by atoms with Crippen LogP contribution in [-0.4, -0.2) is 21.5 Å². The lowest BCUT2D eigenvalue weighted by Crippen LogP contribution is -2.18. The van der Waals surface area contributed by atoms with Crippen molar-refractivity contribution in [2.24, 2.45) is 0 Å². The van der Waals surface area contributed by atoms with Crippen LogP contribution in [0.5, 0.6) is 0 Å². The Bertz CT molecular complexity index is 275. The third kappa shape index (κ3) is 3.61. The van der Waals surface area contributed by atoms with Gasteiger partial charge in [0.2, 0.25) is 0 Å². The molecular formula is C8H11F3N2S. The molecule has 0 aromatic carbocycles. The number of rotatable bonds is 0. The first kappa shape index (κ1) is 11.4. The number of aryl methyl sites for hydroxylation is 1. The molecule has 1 atom stereocenters. The van der Waals surface area contributed by atoms with Crippen LogP contribution in [0.2, 0.25) is 0 Å². The van der Waals surface area contributed by atoms with Gasteiger partial charge in [-0.25, -0.2) is 4.98 Å². The molecule has 2 nitrogen and oxygen atoms in total. The largest absolute Gasteiger partial charge is 0.379 e. The van der Waals surface area contributed by atoms with Crippen LogP contribution in [0, 0.1) is 0 Å². The number of aromatic nitrogens is 2. The first-order chi connectivity index (χ1) is 6.59. The fourth-order valence-corrected chi connectivity index (χ4v) is 1.61. The molecule has 0 saturated heterocycles. The summed E-state index contributed by atoms with van der Waals surface area (Å²) in [5, 5.41) is 0.523. The molecule has 0 saturated carbocycles. The van der Waals surface area contributed by atoms with E-state index in [1.807, 2.05) is 12.4 Å². The standard InChI is InChI=1S/C7H10N2S.CHF3/c10-6-1-3-9-4-2-8-7(9)5-6;2-1(3)4/h2,4,6,10H,1,3,5H2;1H. The second-order valence-corrected chi connectivity index (χ2v) is 3.66. The normalized spacial score (nSPS) is 19.9. The lowest BCUT2D eigenvalue weighted by molar-refractivity contribution is 0.00819. The molecule has 0 spiro atoms. The molecule has 0 N–H and O–H groups in total. The van der Waals surface area contributed by atoms with Gasteiger partial charge < -0.3 is 4.57 Å². The van der Waals surface area contributed by atoms with E-state index in [2.05, 4.69) is 22.2 Å². The molecule has 6 heteroatoms. The molecule has 2 heterocycles. The van der Waals surface area contributed by atoms with Crippen molar-refractivity contribution in [2.45, 2.75) is 31.3 Å². The molecule has 0 bridgehead atoms. The topological polar surface area (TPSA) is 17.8 Å². The van der Waals surface area contributed by atoms with Crippen molar-refractivity contribution in [3.8, 4) is 0 Å². The smallest absolute Gasteiger partial charge is 0.335 e. The Morgan fingerprint density at radius 2 is 2.14 bits per heavy atom. The first-order valence-corrected chi connectivity index (χ1v) is 4.71. The molecule has 1 aliphatic rings. The van der Waals surface area contributed by atoms with Crippen LogP contribution < -0.4 is 0 Å². The van der Waals surface area contributed by atoms with Gasteiger partial charge >= 0.3 is 6.68 Å². The molecule has 0 radical (unpaired) electrons. The van der Waals surface area contributed by atoms with E-state index >= 15 is 0 Å². The van der Waals surface area contributed by atoms with E-state index in [0.29, 0.717) is 5.25 Å². The predicted molar refractivity (Wildman–Crippen MR) is 50.4 cm³/mol. The molecule has 1 unspecified atom stereocenters. The van der Waals surface area contributed by atoms with Gasteiger partial charge in [-0.1, -0.05) is 0 Å². The lowest BCUT2D eigenvalue weighted by Gasteiger charge is -2.18. The number of hydrogen-bond acceptors (Lipinski definition) is 2. The molecule has 1 aromatic rings. The number of thiol groups is 1. The van der Waals surface area contributed by atoms with E-state index in [1.54, 1.807) is 0 Å². The second kappa shape index (κ2) is 5.29. The highest BCUT2D eigenvalue weighted by molar-refractivity contribution is 7.80. The maximum atomic E-state index is 9.67. The van der Waals surface area contributed by atoms with Crippen LogP contribution in [0.25, 0.3) is 0 Å². The minimum atomic E-state index is -3.67. The van der Waals surface area contributed by atoms with Gasteiger partial charge in [-0.15, -0.1) is 0 Å². The van der Waals surface area contributed by atoms with Gasteiger partial charge in [-0.2, -0.15) is 25.8 Å². The summed E-state index contributed by atoms with van der Waals surface area (Å²) in [6.45, 7) is -2.58. The van der Waals surface area contributed by atoms with Gasteiger partial charge in [0.25, 0.3) is 0 Å². The third-order valence-electron chi connectivity index (χ3n) is 1.92. The molecule has 0 amide bonds. The van der Waals surface area contributed by atoms with Gasteiger partial charge in [-0.3, -0.25) is 0 Å². The van der Waals surface area contributed by atoms with Gasteiger partial charge in [-0.05, 0) is 6.42 Å². The Labute approximate surface area is 85.5 Å². The quantitative estimate of drug-likeness (QED) is 0.669. The molecule has 1 aromatic heterocycles. The Hall–Kier alpha value is -0.650. The Morgan fingerprint density at radius 3 is 2.79 bits per heavy atom. The minimum absolute atomic E-state index is 0.523. The van der Waals surface area contributed by atoms with Crippen LogP contribution >= 0.6 is 12.6 Å². The summed E-state index contributed by atoms with van der Waals surface area (Å²) in [5.74, 6) is 1.19. The fraction of sp³-hybridized carbons (Fsp3) is 0.625. The minimum Gasteiger partial charge on any atom is -0.335 e. The van der Waals surface area contributed by atoms with Gasteiger partial charge in [0.05, 0.1) is 0 Å². The van der Waals surface area contributed by atoms with Crippen molar-refractivity contribution in [3.05, 3.63) is 18.2 Å². The summed E-state index contributed by atoms with van der Waals surface area (Å²) >= 11 is 4.41. The SMILES string of the molecule is FC(F)F.SC1CCn2ccnc2C1. The van der Waals surface area contributed by atoms with E-state index in [4.69, 9.17) is 0 Å². The van der Waals surface area contributed by atoms with Gasteiger partial charge in [0.1, 0.15) is 5.82 Å². The molecule has 1 aliphatic heterocycles. The molecule has 2 rings (SSSR count). The fourth-order valence-electron chi connectivity index (χ4n) is 1.33. The number of fused-ring (bicyclic) bond motifs is 1. The second-order valence-electron chi connectivity index (χ2n) is 2.93. The Morgan fingerprint density at radius 1 is 1.50 bits per heavy atom. The van der Waals surface area contributed by atoms with E-state index in [-0.39, 0.29) is 0 Å². The average molecular weight is 224 g/mol. The predicted octanol–water partition coefficient (Wildman–Crippen LogP) is 2.31. The Balaban J connectivity index is 0.000000213. The zero-order valence-corrected chi connectivity index (χ0v) is 8.30. The molecule has 0 fully saturated rings. The molecule has 80 valence electrons. The average Bonchev–Trinajstić information content (AvgIpc) is 2.49. The number of halogens is 3. The van der Waals surface area contributed by atoms with E-state index in [0.717, 1.165) is 13.0 Å². The summed E-state index contributed by atoms with van der Waals surface area (Å²) in [4.78, 5) is 4.22. The molecule has 0 aliphatic carbocycles. The molecular weight excluding hydrogens is 213 g/mol. The van der Waals surface area contributed by atoms with Crippen LogP contribution in [0.15, 0.2) is 12.4 Å². The molecule has 14 heavy (non-hydrogen) atoms. The third-order valence-corrected chi connectivity index (χ3v) is 2.36. The van der Waals surface area contributed by atoms with Crippen molar-refractivity contribution in [2.75, 3.05) is 0 Å². The Kier molecular flexibility index (Phi) is 4.31. The zero-order valence-electron chi connectivity index (χ0n) is 7.41. The van der Waals surface area contributed by atoms with Gasteiger partial charge in [0.15, 0.2) is 0 Å². The number of alkyl halides is 3. The van der Waals surface area contributed by atoms with Crippen molar-refractivity contribution >= 4 is 12.6 Å². The van der Waals surface area contributed by atoms with E-state index in [9.17, 15) is 13.2 Å².